The summed E-state index contributed by atoms with van der Waals surface area (Å²) in [5.74, 6) is 0. The smallest absolute Gasteiger partial charge is 1.00 e. The average Bonchev–Trinajstić information content (AvgIpc) is 2.91. The van der Waals surface area contributed by atoms with Gasteiger partial charge in [0.2, 0.25) is 0 Å². The van der Waals surface area contributed by atoms with Crippen LogP contribution >= 0.6 is 0 Å². The van der Waals surface area contributed by atoms with Crippen molar-refractivity contribution >= 4 is 0 Å². The molecule has 0 atom stereocenters. The predicted octanol–water partition coefficient (Wildman–Crippen LogP) is -1.58. The van der Waals surface area contributed by atoms with Crippen molar-refractivity contribution in [3.05, 3.63) is 47.6 Å². The van der Waals surface area contributed by atoms with Gasteiger partial charge < -0.3 is 24.8 Å². The normalized spacial score (nSPS) is 17.1. The fraction of sp³-hybridized carbons (Fsp3) is 0.500. The van der Waals surface area contributed by atoms with Crippen molar-refractivity contribution in [3.8, 4) is 0 Å². The van der Waals surface area contributed by atoms with Crippen LogP contribution in [-0.2, 0) is 21.7 Å². The molecule has 0 aliphatic heterocycles. The minimum Gasteiger partial charge on any atom is -1.00 e. The maximum atomic E-state index is 3.47. The number of hydrogen-bond donors (Lipinski definition) is 0. The zero-order valence-electron chi connectivity index (χ0n) is 12.0. The number of rotatable bonds is 3. The van der Waals surface area contributed by atoms with E-state index in [0.717, 1.165) is 12.8 Å². The van der Waals surface area contributed by atoms with Gasteiger partial charge in [0, 0.05) is 0 Å². The van der Waals surface area contributed by atoms with E-state index >= 15 is 0 Å². The van der Waals surface area contributed by atoms with Crippen LogP contribution in [0.2, 0.25) is 0 Å². The Hall–Kier alpha value is 0.254. The molecule has 3 heteroatoms. The Bertz CT molecular complexity index is 372. The van der Waals surface area contributed by atoms with Gasteiger partial charge in [-0.1, -0.05) is 27.7 Å². The van der Waals surface area contributed by atoms with E-state index in [-0.39, 0.29) is 57.4 Å². The molecule has 0 aromatic carbocycles. The molecule has 0 N–H and O–H groups in total. The van der Waals surface area contributed by atoms with E-state index in [9.17, 15) is 0 Å². The molecule has 0 saturated heterocycles. The van der Waals surface area contributed by atoms with Crippen LogP contribution in [0.5, 0.6) is 0 Å². The molecule has 0 fully saturated rings. The maximum Gasteiger partial charge on any atom is 4.00 e. The summed E-state index contributed by atoms with van der Waals surface area (Å²) in [6.45, 7) is 9.25. The first-order valence-corrected chi connectivity index (χ1v) is 6.02. The van der Waals surface area contributed by atoms with Gasteiger partial charge in [-0.05, 0) is 10.8 Å². The molecule has 2 aliphatic rings. The molecular formula is C16H20Cl2Ti. The van der Waals surface area contributed by atoms with Crippen molar-refractivity contribution in [3.63, 3.8) is 0 Å². The van der Waals surface area contributed by atoms with Crippen LogP contribution < -0.4 is 24.8 Å². The third kappa shape index (κ3) is 3.88. The second-order valence-corrected chi connectivity index (χ2v) is 5.64. The van der Waals surface area contributed by atoms with Crippen molar-refractivity contribution in [1.29, 1.82) is 0 Å². The number of hydrogen-bond acceptors (Lipinski definition) is 0. The summed E-state index contributed by atoms with van der Waals surface area (Å²) in [6.07, 6.45) is 17.7. The summed E-state index contributed by atoms with van der Waals surface area (Å²) in [5, 5.41) is 0. The van der Waals surface area contributed by atoms with Crippen LogP contribution in [-0.4, -0.2) is 0 Å². The van der Waals surface area contributed by atoms with E-state index in [0.29, 0.717) is 0 Å². The van der Waals surface area contributed by atoms with Crippen LogP contribution in [0.25, 0.3) is 0 Å². The molecule has 19 heavy (non-hydrogen) atoms. The Kier molecular flexibility index (Phi) is 8.94. The number of halogens is 2. The standard InChI is InChI=1S/C16H20.2ClH.Ti/c1-15(2,13-9-5-6-10-13)16(3,4)14-11-7-8-12-14;;;/h5,7,9,11H,6,8H2,1-4H3;2*1H;/q-2;;;+4/p-2. The first-order chi connectivity index (χ1) is 7.46. The molecule has 0 aromatic rings. The molecule has 0 amide bonds. The van der Waals surface area contributed by atoms with Gasteiger partial charge in [0.05, 0.1) is 0 Å². The molecule has 2 rings (SSSR count). The second kappa shape index (κ2) is 7.88. The molecule has 0 radical (unpaired) electrons. The van der Waals surface area contributed by atoms with E-state index in [4.69, 9.17) is 0 Å². The van der Waals surface area contributed by atoms with E-state index in [2.05, 4.69) is 64.2 Å². The van der Waals surface area contributed by atoms with Gasteiger partial charge >= 0.3 is 21.7 Å². The Morgan fingerprint density at radius 2 is 1.11 bits per heavy atom. The van der Waals surface area contributed by atoms with E-state index in [1.807, 2.05) is 0 Å². The quantitative estimate of drug-likeness (QED) is 0.433. The first-order valence-electron chi connectivity index (χ1n) is 6.02. The fourth-order valence-electron chi connectivity index (χ4n) is 2.34. The van der Waals surface area contributed by atoms with Crippen LogP contribution in [0, 0.1) is 23.0 Å². The Balaban J connectivity index is 0. The summed E-state index contributed by atoms with van der Waals surface area (Å²) in [5.41, 5.74) is 2.90. The Morgan fingerprint density at radius 1 is 0.789 bits per heavy atom. The molecule has 0 aromatic heterocycles. The van der Waals surface area contributed by atoms with E-state index in [1.165, 1.54) is 11.1 Å². The molecule has 0 bridgehead atoms. The van der Waals surface area contributed by atoms with Gasteiger partial charge in [-0.25, -0.2) is 23.3 Å². The molecule has 0 spiro atoms. The molecule has 102 valence electrons. The van der Waals surface area contributed by atoms with Crippen molar-refractivity contribution in [2.75, 3.05) is 0 Å². The van der Waals surface area contributed by atoms with Gasteiger partial charge in [-0.2, -0.15) is 12.2 Å². The fourth-order valence-corrected chi connectivity index (χ4v) is 2.34. The van der Waals surface area contributed by atoms with Gasteiger partial charge in [0.1, 0.15) is 0 Å². The summed E-state index contributed by atoms with van der Waals surface area (Å²) in [6, 6.07) is 0. The molecule has 2 aliphatic carbocycles. The van der Waals surface area contributed by atoms with Crippen LogP contribution in [0.1, 0.15) is 40.5 Å². The van der Waals surface area contributed by atoms with Gasteiger partial charge in [0.25, 0.3) is 0 Å². The molecule has 0 saturated carbocycles. The van der Waals surface area contributed by atoms with Gasteiger partial charge in [0.15, 0.2) is 0 Å². The summed E-state index contributed by atoms with van der Waals surface area (Å²) < 4.78 is 0. The van der Waals surface area contributed by atoms with Gasteiger partial charge in [-0.3, -0.25) is 12.2 Å². The van der Waals surface area contributed by atoms with Crippen molar-refractivity contribution < 1.29 is 46.5 Å². The van der Waals surface area contributed by atoms with Crippen LogP contribution in [0.15, 0.2) is 35.5 Å². The largest absolute Gasteiger partial charge is 4.00 e. The van der Waals surface area contributed by atoms with E-state index < -0.39 is 0 Å². The first kappa shape index (κ1) is 21.6. The average molecular weight is 331 g/mol. The minimum absolute atomic E-state index is 0. The monoisotopic (exact) mass is 330 g/mol. The molecule has 0 unspecified atom stereocenters. The molecule has 0 nitrogen and oxygen atoms in total. The summed E-state index contributed by atoms with van der Waals surface area (Å²) >= 11 is 0. The molecule has 0 heterocycles. The SMILES string of the molecule is CC(C)(C1=[C-]CC=C1)C(C)(C)C1=[C-]CC=C1.[Cl-].[Cl-].[Ti+4]. The van der Waals surface area contributed by atoms with Crippen LogP contribution in [0.4, 0.5) is 0 Å². The second-order valence-electron chi connectivity index (χ2n) is 5.64. The van der Waals surface area contributed by atoms with Crippen molar-refractivity contribution in [2.24, 2.45) is 10.8 Å². The predicted molar refractivity (Wildman–Crippen MR) is 68.6 cm³/mol. The van der Waals surface area contributed by atoms with Crippen molar-refractivity contribution in [1.82, 2.24) is 0 Å². The molecular weight excluding hydrogens is 311 g/mol. The van der Waals surface area contributed by atoms with Crippen LogP contribution in [0.3, 0.4) is 0 Å². The zero-order chi connectivity index (χ0) is 11.8. The van der Waals surface area contributed by atoms with E-state index in [1.54, 1.807) is 0 Å². The minimum atomic E-state index is 0. The number of allylic oxidation sites excluding steroid dienone is 8. The summed E-state index contributed by atoms with van der Waals surface area (Å²) in [4.78, 5) is 0. The Morgan fingerprint density at radius 3 is 1.32 bits per heavy atom. The maximum absolute atomic E-state index is 3.47. The topological polar surface area (TPSA) is 0 Å². The third-order valence-corrected chi connectivity index (χ3v) is 4.30. The summed E-state index contributed by atoms with van der Waals surface area (Å²) in [7, 11) is 0. The third-order valence-electron chi connectivity index (χ3n) is 4.30. The van der Waals surface area contributed by atoms with Gasteiger partial charge in [-0.15, -0.1) is 12.8 Å². The Labute approximate surface area is 145 Å². The van der Waals surface area contributed by atoms with Crippen molar-refractivity contribution in [2.45, 2.75) is 40.5 Å². The zero-order valence-corrected chi connectivity index (χ0v) is 15.1.